The maximum atomic E-state index is 11.1. The highest BCUT2D eigenvalue weighted by atomic mass is 16.6. The first kappa shape index (κ1) is 13.7. The minimum atomic E-state index is -1.03. The monoisotopic (exact) mass is 247 g/mol. The van der Waals surface area contributed by atoms with Crippen LogP contribution < -0.4 is 0 Å². The summed E-state index contributed by atoms with van der Waals surface area (Å²) in [5, 5.41) is 10.6. The topological polar surface area (TPSA) is 69.4 Å². The van der Waals surface area contributed by atoms with E-state index < -0.39 is 16.5 Å². The van der Waals surface area contributed by atoms with Crippen LogP contribution in [0.1, 0.15) is 19.4 Å². The van der Waals surface area contributed by atoms with E-state index in [9.17, 15) is 14.9 Å². The molecule has 1 atom stereocenters. The molecule has 1 unspecified atom stereocenters. The molecule has 0 aliphatic carbocycles. The van der Waals surface area contributed by atoms with Crippen molar-refractivity contribution in [2.75, 3.05) is 0 Å². The van der Waals surface area contributed by atoms with Crippen LogP contribution in [0.5, 0.6) is 0 Å². The summed E-state index contributed by atoms with van der Waals surface area (Å²) in [5.74, 6) is -0.456. The van der Waals surface area contributed by atoms with Gasteiger partial charge in [-0.15, -0.1) is 5.73 Å². The van der Waals surface area contributed by atoms with Crippen LogP contribution >= 0.6 is 0 Å². The molecule has 1 rings (SSSR count). The molecule has 0 fully saturated rings. The molecule has 0 radical (unpaired) electrons. The zero-order chi connectivity index (χ0) is 13.8. The minimum Gasteiger partial charge on any atom is -0.450 e. The molecule has 18 heavy (non-hydrogen) atoms. The molecular weight excluding hydrogens is 234 g/mol. The fraction of sp³-hybridized carbons (Fsp3) is 0.231. The van der Waals surface area contributed by atoms with Gasteiger partial charge in [0, 0.05) is 30.7 Å². The van der Waals surface area contributed by atoms with Crippen molar-refractivity contribution >= 4 is 11.7 Å². The number of ether oxygens (including phenoxy) is 1. The molecule has 1 aromatic rings. The Morgan fingerprint density at radius 3 is 2.44 bits per heavy atom. The van der Waals surface area contributed by atoms with Gasteiger partial charge in [-0.3, -0.25) is 14.9 Å². The largest absolute Gasteiger partial charge is 0.450 e. The fourth-order valence-electron chi connectivity index (χ4n) is 1.58. The number of nitrogens with zero attached hydrogens (tertiary/aromatic N) is 1. The first-order chi connectivity index (χ1) is 8.39. The number of rotatable bonds is 4. The van der Waals surface area contributed by atoms with E-state index in [2.05, 4.69) is 12.3 Å². The van der Waals surface area contributed by atoms with Gasteiger partial charge in [0.2, 0.25) is 0 Å². The number of carbonyl (C=O) groups excluding carboxylic acids is 1. The molecule has 0 aliphatic rings. The lowest BCUT2D eigenvalue weighted by atomic mass is 9.95. The molecule has 0 aromatic heterocycles. The van der Waals surface area contributed by atoms with Gasteiger partial charge >= 0.3 is 5.97 Å². The van der Waals surface area contributed by atoms with Gasteiger partial charge in [0.15, 0.2) is 5.60 Å². The van der Waals surface area contributed by atoms with E-state index in [-0.39, 0.29) is 5.69 Å². The number of non-ortho nitro benzene ring substituents is 1. The second-order valence-electron chi connectivity index (χ2n) is 3.85. The zero-order valence-corrected chi connectivity index (χ0v) is 10.2. The van der Waals surface area contributed by atoms with Gasteiger partial charge in [0.05, 0.1) is 4.92 Å². The fourth-order valence-corrected chi connectivity index (χ4v) is 1.58. The Kier molecular flexibility index (Phi) is 4.02. The van der Waals surface area contributed by atoms with Crippen LogP contribution in [0, 0.1) is 10.1 Å². The van der Waals surface area contributed by atoms with E-state index in [1.807, 2.05) is 0 Å². The highest BCUT2D eigenvalue weighted by Crippen LogP contribution is 2.28. The van der Waals surface area contributed by atoms with Gasteiger partial charge in [0.25, 0.3) is 5.69 Å². The molecule has 0 saturated heterocycles. The number of benzene rings is 1. The van der Waals surface area contributed by atoms with Gasteiger partial charge in [-0.1, -0.05) is 6.58 Å². The van der Waals surface area contributed by atoms with Crippen molar-refractivity contribution in [1.82, 2.24) is 0 Å². The SMILES string of the molecule is C=C=CC(C)(OC(C)=O)c1ccc([N+](=O)[O-])cc1. The van der Waals surface area contributed by atoms with Gasteiger partial charge in [-0.2, -0.15) is 0 Å². The summed E-state index contributed by atoms with van der Waals surface area (Å²) in [4.78, 5) is 21.1. The van der Waals surface area contributed by atoms with Crippen molar-refractivity contribution in [3.63, 3.8) is 0 Å². The van der Waals surface area contributed by atoms with E-state index in [4.69, 9.17) is 4.74 Å². The summed E-state index contributed by atoms with van der Waals surface area (Å²) in [6.45, 7) is 6.40. The minimum absolute atomic E-state index is 0.0218. The summed E-state index contributed by atoms with van der Waals surface area (Å²) in [6, 6.07) is 5.78. The van der Waals surface area contributed by atoms with E-state index >= 15 is 0 Å². The molecule has 1 aromatic carbocycles. The molecule has 0 N–H and O–H groups in total. The third-order valence-corrected chi connectivity index (χ3v) is 2.38. The van der Waals surface area contributed by atoms with Crippen molar-refractivity contribution in [3.05, 3.63) is 58.3 Å². The number of hydrogen-bond donors (Lipinski definition) is 0. The molecule has 5 heteroatoms. The lowest BCUT2D eigenvalue weighted by Crippen LogP contribution is -2.25. The Balaban J connectivity index is 3.17. The van der Waals surface area contributed by atoms with E-state index in [1.54, 1.807) is 6.92 Å². The summed E-state index contributed by atoms with van der Waals surface area (Å²) in [7, 11) is 0. The molecule has 0 spiro atoms. The van der Waals surface area contributed by atoms with Crippen LogP contribution in [0.25, 0.3) is 0 Å². The zero-order valence-electron chi connectivity index (χ0n) is 10.2. The van der Waals surface area contributed by atoms with Crippen molar-refractivity contribution in [3.8, 4) is 0 Å². The van der Waals surface area contributed by atoms with Gasteiger partial charge < -0.3 is 4.74 Å². The molecule has 0 saturated carbocycles. The average molecular weight is 247 g/mol. The molecule has 0 heterocycles. The van der Waals surface area contributed by atoms with Crippen LogP contribution in [0.4, 0.5) is 5.69 Å². The van der Waals surface area contributed by atoms with Crippen LogP contribution in [-0.4, -0.2) is 10.9 Å². The Morgan fingerprint density at radius 2 is 2.06 bits per heavy atom. The van der Waals surface area contributed by atoms with E-state index in [0.29, 0.717) is 5.56 Å². The predicted octanol–water partition coefficient (Wildman–Crippen LogP) is 2.71. The van der Waals surface area contributed by atoms with Crippen molar-refractivity contribution in [2.24, 2.45) is 0 Å². The lowest BCUT2D eigenvalue weighted by molar-refractivity contribution is -0.384. The highest BCUT2D eigenvalue weighted by Gasteiger charge is 2.27. The smallest absolute Gasteiger partial charge is 0.303 e. The van der Waals surface area contributed by atoms with Crippen LogP contribution in [0.3, 0.4) is 0 Å². The average Bonchev–Trinajstić information content (AvgIpc) is 2.28. The second-order valence-corrected chi connectivity index (χ2v) is 3.85. The normalized spacial score (nSPS) is 13.0. The van der Waals surface area contributed by atoms with Gasteiger partial charge in [-0.05, 0) is 19.1 Å². The van der Waals surface area contributed by atoms with Crippen LogP contribution in [-0.2, 0) is 15.1 Å². The molecule has 5 nitrogen and oxygen atoms in total. The number of carbonyl (C=O) groups is 1. The molecule has 0 bridgehead atoms. The molecule has 94 valence electrons. The molecule has 0 aliphatic heterocycles. The summed E-state index contributed by atoms with van der Waals surface area (Å²) in [5.41, 5.74) is 2.13. The van der Waals surface area contributed by atoms with Gasteiger partial charge in [0.1, 0.15) is 0 Å². The summed E-state index contributed by atoms with van der Waals surface area (Å²) in [6.07, 6.45) is 1.50. The maximum absolute atomic E-state index is 11.1. The Bertz CT molecular complexity index is 514. The van der Waals surface area contributed by atoms with Crippen molar-refractivity contribution < 1.29 is 14.5 Å². The van der Waals surface area contributed by atoms with E-state index in [1.165, 1.54) is 37.3 Å². The number of esters is 1. The second kappa shape index (κ2) is 5.29. The highest BCUT2D eigenvalue weighted by molar-refractivity contribution is 5.67. The van der Waals surface area contributed by atoms with Crippen LogP contribution in [0.2, 0.25) is 0 Å². The maximum Gasteiger partial charge on any atom is 0.303 e. The summed E-state index contributed by atoms with van der Waals surface area (Å²) >= 11 is 0. The molecular formula is C13H13NO4. The standard InChI is InChI=1S/C13H13NO4/c1-4-9-13(3,18-10(2)15)11-5-7-12(8-6-11)14(16)17/h5-9H,1H2,2-3H3. The Morgan fingerprint density at radius 1 is 1.50 bits per heavy atom. The Labute approximate surface area is 105 Å². The first-order valence-electron chi connectivity index (χ1n) is 5.20. The quantitative estimate of drug-likeness (QED) is 0.355. The van der Waals surface area contributed by atoms with Gasteiger partial charge in [-0.25, -0.2) is 0 Å². The van der Waals surface area contributed by atoms with Crippen molar-refractivity contribution in [1.29, 1.82) is 0 Å². The Hall–Kier alpha value is -2.39. The first-order valence-corrected chi connectivity index (χ1v) is 5.20. The predicted molar refractivity (Wildman–Crippen MR) is 65.9 cm³/mol. The number of nitro groups is 1. The molecule has 0 amide bonds. The summed E-state index contributed by atoms with van der Waals surface area (Å²) < 4.78 is 5.20. The van der Waals surface area contributed by atoms with E-state index in [0.717, 1.165) is 0 Å². The number of nitro benzene ring substituents is 1. The van der Waals surface area contributed by atoms with Crippen molar-refractivity contribution in [2.45, 2.75) is 19.4 Å². The lowest BCUT2D eigenvalue weighted by Gasteiger charge is -2.25. The number of hydrogen-bond acceptors (Lipinski definition) is 4. The van der Waals surface area contributed by atoms with Crippen LogP contribution in [0.15, 0.2) is 42.7 Å². The third kappa shape index (κ3) is 3.06. The third-order valence-electron chi connectivity index (χ3n) is 2.38.